The van der Waals surface area contributed by atoms with Gasteiger partial charge in [0.15, 0.2) is 0 Å². The maximum Gasteiger partial charge on any atom is 0.304 e. The number of nitro groups is 1. The van der Waals surface area contributed by atoms with Crippen LogP contribution in [0.5, 0.6) is 0 Å². The molecule has 0 aliphatic carbocycles. The Morgan fingerprint density at radius 1 is 1.40 bits per heavy atom. The quantitative estimate of drug-likeness (QED) is 0.410. The van der Waals surface area contributed by atoms with Gasteiger partial charge in [0.05, 0.1) is 4.92 Å². The van der Waals surface area contributed by atoms with E-state index in [0.717, 1.165) is 0 Å². The molecule has 5 N–H and O–H groups in total. The first-order valence-corrected chi connectivity index (χ1v) is 5.78. The molecule has 0 spiro atoms. The predicted molar refractivity (Wildman–Crippen MR) is 72.9 cm³/mol. The lowest BCUT2D eigenvalue weighted by molar-refractivity contribution is -0.384. The fourth-order valence-corrected chi connectivity index (χ4v) is 1.80. The van der Waals surface area contributed by atoms with Crippen LogP contribution in [0.1, 0.15) is 30.6 Å². The van der Waals surface area contributed by atoms with Crippen molar-refractivity contribution < 1.29 is 14.5 Å². The first kappa shape index (κ1) is 15.4. The van der Waals surface area contributed by atoms with Crippen molar-refractivity contribution in [2.24, 2.45) is 5.73 Å². The number of nitrogens with one attached hydrogen (secondary N) is 1. The van der Waals surface area contributed by atoms with Crippen LogP contribution in [0.15, 0.2) is 18.2 Å². The standard InChI is InChI=1S/C12H16N4O4/c1-12(2,6-9(14)17)15-11(18)7-4-3-5-8(13)10(7)16(19)20/h3-5H,6,13H2,1-2H3,(H2,14,17)(H,15,18). The van der Waals surface area contributed by atoms with Crippen molar-refractivity contribution in [3.8, 4) is 0 Å². The molecule has 1 aromatic rings. The number of para-hydroxylation sites is 1. The third-order valence-electron chi connectivity index (χ3n) is 2.56. The van der Waals surface area contributed by atoms with Gasteiger partial charge < -0.3 is 16.8 Å². The molecule has 0 aliphatic heterocycles. The topological polar surface area (TPSA) is 141 Å². The number of hydrogen-bond donors (Lipinski definition) is 3. The first-order chi connectivity index (χ1) is 9.14. The van der Waals surface area contributed by atoms with Crippen molar-refractivity contribution in [1.29, 1.82) is 0 Å². The van der Waals surface area contributed by atoms with Gasteiger partial charge in [-0.1, -0.05) is 6.07 Å². The molecule has 0 fully saturated rings. The zero-order chi connectivity index (χ0) is 15.5. The molecule has 0 atom stereocenters. The van der Waals surface area contributed by atoms with Crippen molar-refractivity contribution in [2.75, 3.05) is 5.73 Å². The summed E-state index contributed by atoms with van der Waals surface area (Å²) in [5.74, 6) is -1.27. The summed E-state index contributed by atoms with van der Waals surface area (Å²) >= 11 is 0. The van der Waals surface area contributed by atoms with Crippen molar-refractivity contribution in [2.45, 2.75) is 25.8 Å². The number of anilines is 1. The lowest BCUT2D eigenvalue weighted by Gasteiger charge is -2.24. The summed E-state index contributed by atoms with van der Waals surface area (Å²) < 4.78 is 0. The number of nitro benzene ring substituents is 1. The number of carbonyl (C=O) groups excluding carboxylic acids is 2. The Morgan fingerprint density at radius 2 is 2.00 bits per heavy atom. The summed E-state index contributed by atoms with van der Waals surface area (Å²) in [4.78, 5) is 33.2. The number of carbonyl (C=O) groups is 2. The molecule has 1 rings (SSSR count). The van der Waals surface area contributed by atoms with E-state index in [1.54, 1.807) is 13.8 Å². The molecular weight excluding hydrogens is 264 g/mol. The van der Waals surface area contributed by atoms with E-state index in [9.17, 15) is 19.7 Å². The molecule has 0 saturated heterocycles. The van der Waals surface area contributed by atoms with E-state index in [2.05, 4.69) is 5.32 Å². The van der Waals surface area contributed by atoms with E-state index in [1.165, 1.54) is 18.2 Å². The SMILES string of the molecule is CC(C)(CC(N)=O)NC(=O)c1cccc(N)c1[N+](=O)[O-]. The van der Waals surface area contributed by atoms with Gasteiger partial charge in [-0.2, -0.15) is 0 Å². The summed E-state index contributed by atoms with van der Waals surface area (Å²) in [6.07, 6.45) is -0.0884. The molecule has 2 amide bonds. The van der Waals surface area contributed by atoms with Gasteiger partial charge in [-0.15, -0.1) is 0 Å². The highest BCUT2D eigenvalue weighted by atomic mass is 16.6. The summed E-state index contributed by atoms with van der Waals surface area (Å²) in [6.45, 7) is 3.18. The van der Waals surface area contributed by atoms with Crippen LogP contribution in [0.2, 0.25) is 0 Å². The van der Waals surface area contributed by atoms with Crippen LogP contribution in [0.25, 0.3) is 0 Å². The molecule has 0 unspecified atom stereocenters. The van der Waals surface area contributed by atoms with Gasteiger partial charge in [-0.05, 0) is 26.0 Å². The number of rotatable bonds is 5. The summed E-state index contributed by atoms with van der Waals surface area (Å²) in [5.41, 5.74) is 8.95. The van der Waals surface area contributed by atoms with E-state index in [-0.39, 0.29) is 17.7 Å². The van der Waals surface area contributed by atoms with E-state index >= 15 is 0 Å². The smallest absolute Gasteiger partial charge is 0.304 e. The zero-order valence-corrected chi connectivity index (χ0v) is 11.2. The van der Waals surface area contributed by atoms with Gasteiger partial charge in [-0.25, -0.2) is 0 Å². The minimum absolute atomic E-state index is 0.0884. The Kier molecular flexibility index (Phi) is 4.28. The van der Waals surface area contributed by atoms with Gasteiger partial charge in [0.1, 0.15) is 11.3 Å². The molecule has 20 heavy (non-hydrogen) atoms. The highest BCUT2D eigenvalue weighted by Gasteiger charge is 2.28. The highest BCUT2D eigenvalue weighted by molar-refractivity contribution is 6.00. The van der Waals surface area contributed by atoms with Gasteiger partial charge in [0.2, 0.25) is 5.91 Å². The molecule has 0 saturated carbocycles. The molecular formula is C12H16N4O4. The van der Waals surface area contributed by atoms with Crippen LogP contribution >= 0.6 is 0 Å². The molecule has 8 nitrogen and oxygen atoms in total. The third kappa shape index (κ3) is 3.67. The van der Waals surface area contributed by atoms with Gasteiger partial charge in [-0.3, -0.25) is 19.7 Å². The van der Waals surface area contributed by atoms with Crippen molar-refractivity contribution in [3.05, 3.63) is 33.9 Å². The Labute approximate surface area is 115 Å². The van der Waals surface area contributed by atoms with Crippen molar-refractivity contribution >= 4 is 23.2 Å². The van der Waals surface area contributed by atoms with Crippen LogP contribution < -0.4 is 16.8 Å². The molecule has 8 heteroatoms. The molecule has 0 bridgehead atoms. The van der Waals surface area contributed by atoms with Gasteiger partial charge in [0, 0.05) is 12.0 Å². The first-order valence-electron chi connectivity index (χ1n) is 5.78. The second kappa shape index (κ2) is 5.55. The Balaban J connectivity index is 3.08. The lowest BCUT2D eigenvalue weighted by Crippen LogP contribution is -2.46. The molecule has 1 aromatic carbocycles. The number of primary amides is 1. The zero-order valence-electron chi connectivity index (χ0n) is 11.2. The van der Waals surface area contributed by atoms with Gasteiger partial charge >= 0.3 is 5.69 Å². The monoisotopic (exact) mass is 280 g/mol. The molecule has 0 heterocycles. The number of benzene rings is 1. The second-order valence-electron chi connectivity index (χ2n) is 4.98. The fourth-order valence-electron chi connectivity index (χ4n) is 1.80. The van der Waals surface area contributed by atoms with E-state index in [1.807, 2.05) is 0 Å². The van der Waals surface area contributed by atoms with Crippen LogP contribution in [0.4, 0.5) is 11.4 Å². The third-order valence-corrected chi connectivity index (χ3v) is 2.56. The maximum absolute atomic E-state index is 12.1. The molecule has 0 aliphatic rings. The van der Waals surface area contributed by atoms with E-state index < -0.39 is 28.0 Å². The normalized spacial score (nSPS) is 10.9. The van der Waals surface area contributed by atoms with Crippen molar-refractivity contribution in [1.82, 2.24) is 5.32 Å². The Bertz CT molecular complexity index is 569. The predicted octanol–water partition coefficient (Wildman–Crippen LogP) is 0.561. The number of hydrogen-bond acceptors (Lipinski definition) is 5. The fraction of sp³-hybridized carbons (Fsp3) is 0.333. The minimum Gasteiger partial charge on any atom is -0.393 e. The number of nitrogens with zero attached hydrogens (tertiary/aromatic N) is 1. The van der Waals surface area contributed by atoms with Crippen LogP contribution in [-0.2, 0) is 4.79 Å². The highest BCUT2D eigenvalue weighted by Crippen LogP contribution is 2.26. The van der Waals surface area contributed by atoms with E-state index in [0.29, 0.717) is 0 Å². The number of nitrogen functional groups attached to an aromatic ring is 1. The average molecular weight is 280 g/mol. The number of nitrogens with two attached hydrogens (primary N) is 2. The van der Waals surface area contributed by atoms with Gasteiger partial charge in [0.25, 0.3) is 5.91 Å². The molecule has 0 aromatic heterocycles. The largest absolute Gasteiger partial charge is 0.393 e. The summed E-state index contributed by atoms with van der Waals surface area (Å²) in [5, 5.41) is 13.5. The van der Waals surface area contributed by atoms with Crippen LogP contribution in [-0.4, -0.2) is 22.3 Å². The molecule has 0 radical (unpaired) electrons. The van der Waals surface area contributed by atoms with E-state index in [4.69, 9.17) is 11.5 Å². The second-order valence-corrected chi connectivity index (χ2v) is 4.98. The average Bonchev–Trinajstić information content (AvgIpc) is 2.25. The Hall–Kier alpha value is -2.64. The summed E-state index contributed by atoms with van der Waals surface area (Å²) in [6, 6.07) is 4.08. The van der Waals surface area contributed by atoms with Crippen molar-refractivity contribution in [3.63, 3.8) is 0 Å². The van der Waals surface area contributed by atoms with Crippen LogP contribution in [0, 0.1) is 10.1 Å². The maximum atomic E-state index is 12.1. The van der Waals surface area contributed by atoms with Crippen LogP contribution in [0.3, 0.4) is 0 Å². The number of amides is 2. The summed E-state index contributed by atoms with van der Waals surface area (Å²) in [7, 11) is 0. The minimum atomic E-state index is -0.915. The molecule has 108 valence electrons. The Morgan fingerprint density at radius 3 is 2.50 bits per heavy atom. The lowest BCUT2D eigenvalue weighted by atomic mass is 9.99.